The van der Waals surface area contributed by atoms with E-state index in [4.69, 9.17) is 9.47 Å². The van der Waals surface area contributed by atoms with Gasteiger partial charge in [-0.3, -0.25) is 0 Å². The van der Waals surface area contributed by atoms with E-state index in [1.807, 2.05) is 0 Å². The predicted octanol–water partition coefficient (Wildman–Crippen LogP) is 2.16. The second kappa shape index (κ2) is 7.27. The number of rotatable bonds is 4. The lowest BCUT2D eigenvalue weighted by Crippen LogP contribution is -2.44. The summed E-state index contributed by atoms with van der Waals surface area (Å²) in [4.78, 5) is 0. The van der Waals surface area contributed by atoms with Gasteiger partial charge in [-0.15, -0.1) is 0 Å². The number of aliphatic hydroxyl groups is 3. The molecule has 24 heavy (non-hydrogen) atoms. The molecule has 0 radical (unpaired) electrons. The van der Waals surface area contributed by atoms with Crippen molar-refractivity contribution >= 4 is 0 Å². The molecule has 0 aromatic heterocycles. The molecule has 1 heterocycles. The first-order valence-electron chi connectivity index (χ1n) is 7.72. The van der Waals surface area contributed by atoms with Crippen LogP contribution >= 0.6 is 0 Å². The summed E-state index contributed by atoms with van der Waals surface area (Å²) in [5, 5.41) is 29.4. The number of hydrogen-bond donors (Lipinski definition) is 3. The quantitative estimate of drug-likeness (QED) is 0.798. The summed E-state index contributed by atoms with van der Waals surface area (Å²) >= 11 is 0. The molecule has 3 rings (SSSR count). The molecule has 2 aromatic rings. The highest BCUT2D eigenvalue weighted by atomic mass is 19.1. The third-order valence-corrected chi connectivity index (χ3v) is 3.99. The lowest BCUT2D eigenvalue weighted by atomic mass is 9.93. The van der Waals surface area contributed by atoms with Gasteiger partial charge in [-0.2, -0.15) is 0 Å². The van der Waals surface area contributed by atoms with Crippen molar-refractivity contribution in [2.75, 3.05) is 6.61 Å². The van der Waals surface area contributed by atoms with Crippen LogP contribution in [0.2, 0.25) is 0 Å². The van der Waals surface area contributed by atoms with Gasteiger partial charge in [0.05, 0.1) is 18.8 Å². The minimum absolute atomic E-state index is 0.180. The predicted molar refractivity (Wildman–Crippen MR) is 84.2 cm³/mol. The molecule has 0 amide bonds. The molecule has 4 atom stereocenters. The van der Waals surface area contributed by atoms with Crippen molar-refractivity contribution in [2.24, 2.45) is 0 Å². The summed E-state index contributed by atoms with van der Waals surface area (Å²) in [6.45, 7) is -0.230. The highest BCUT2D eigenvalue weighted by Crippen LogP contribution is 2.34. The summed E-state index contributed by atoms with van der Waals surface area (Å²) < 4.78 is 24.3. The highest BCUT2D eigenvalue weighted by molar-refractivity contribution is 5.35. The zero-order valence-electron chi connectivity index (χ0n) is 12.9. The van der Waals surface area contributed by atoms with Crippen LogP contribution in [-0.4, -0.2) is 40.2 Å². The third kappa shape index (κ3) is 3.73. The highest BCUT2D eigenvalue weighted by Gasteiger charge is 2.37. The van der Waals surface area contributed by atoms with E-state index >= 15 is 0 Å². The minimum atomic E-state index is -1.09. The maximum Gasteiger partial charge on any atom is 0.127 e. The Balaban J connectivity index is 1.80. The van der Waals surface area contributed by atoms with Gasteiger partial charge in [0, 0.05) is 6.42 Å². The van der Waals surface area contributed by atoms with Gasteiger partial charge in [0.15, 0.2) is 0 Å². The Morgan fingerprint density at radius 1 is 1.08 bits per heavy atom. The molecule has 1 aliphatic rings. The van der Waals surface area contributed by atoms with E-state index in [-0.39, 0.29) is 18.8 Å². The Morgan fingerprint density at radius 3 is 2.54 bits per heavy atom. The Bertz CT molecular complexity index is 675. The lowest BCUT2D eigenvalue weighted by Gasteiger charge is -2.36. The Kier molecular flexibility index (Phi) is 5.11. The van der Waals surface area contributed by atoms with E-state index in [1.165, 1.54) is 24.3 Å². The maximum absolute atomic E-state index is 12.9. The van der Waals surface area contributed by atoms with Crippen molar-refractivity contribution in [3.63, 3.8) is 0 Å². The SMILES string of the molecule is OCC1CC(O)C(O)C(c2cccc(Oc3ccc(F)cc3)c2)O1. The molecule has 4 unspecified atom stereocenters. The first-order chi connectivity index (χ1) is 11.6. The molecule has 1 aliphatic heterocycles. The molecule has 1 fully saturated rings. The fraction of sp³-hybridized carbons (Fsp3) is 0.333. The van der Waals surface area contributed by atoms with Gasteiger partial charge in [-0.1, -0.05) is 12.1 Å². The molecule has 128 valence electrons. The van der Waals surface area contributed by atoms with Crippen molar-refractivity contribution in [1.29, 1.82) is 0 Å². The number of aliphatic hydroxyl groups excluding tert-OH is 3. The topological polar surface area (TPSA) is 79.2 Å². The molecule has 0 saturated carbocycles. The van der Waals surface area contributed by atoms with Crippen LogP contribution in [0, 0.1) is 5.82 Å². The first-order valence-corrected chi connectivity index (χ1v) is 7.72. The molecule has 5 nitrogen and oxygen atoms in total. The van der Waals surface area contributed by atoms with Crippen molar-refractivity contribution < 1.29 is 29.2 Å². The molecule has 2 aromatic carbocycles. The summed E-state index contributed by atoms with van der Waals surface area (Å²) in [5.41, 5.74) is 0.624. The summed E-state index contributed by atoms with van der Waals surface area (Å²) in [7, 11) is 0. The van der Waals surface area contributed by atoms with E-state index in [2.05, 4.69) is 0 Å². The van der Waals surface area contributed by atoms with Crippen LogP contribution in [0.15, 0.2) is 48.5 Å². The number of halogens is 1. The molecular weight excluding hydrogens is 315 g/mol. The standard InChI is InChI=1S/C18H19FO5/c19-12-4-6-13(7-5-12)23-14-3-1-2-11(8-14)18-17(22)16(21)9-15(10-20)24-18/h1-8,15-18,20-22H,9-10H2. The summed E-state index contributed by atoms with van der Waals surface area (Å²) in [6, 6.07) is 12.5. The largest absolute Gasteiger partial charge is 0.457 e. The van der Waals surface area contributed by atoms with Crippen LogP contribution < -0.4 is 4.74 Å². The Morgan fingerprint density at radius 2 is 1.83 bits per heavy atom. The van der Waals surface area contributed by atoms with Crippen molar-refractivity contribution in [3.8, 4) is 11.5 Å². The van der Waals surface area contributed by atoms with Crippen LogP contribution in [0.5, 0.6) is 11.5 Å². The summed E-state index contributed by atoms with van der Waals surface area (Å²) in [5.74, 6) is 0.626. The molecular formula is C18H19FO5. The average molecular weight is 334 g/mol. The van der Waals surface area contributed by atoms with Gasteiger partial charge >= 0.3 is 0 Å². The minimum Gasteiger partial charge on any atom is -0.457 e. The molecule has 0 bridgehead atoms. The van der Waals surface area contributed by atoms with Gasteiger partial charge in [0.2, 0.25) is 0 Å². The van der Waals surface area contributed by atoms with E-state index in [0.717, 1.165) is 0 Å². The molecule has 6 heteroatoms. The lowest BCUT2D eigenvalue weighted by molar-refractivity contribution is -0.179. The number of hydrogen-bond acceptors (Lipinski definition) is 5. The zero-order chi connectivity index (χ0) is 17.1. The van der Waals surface area contributed by atoms with E-state index in [1.54, 1.807) is 24.3 Å². The van der Waals surface area contributed by atoms with Crippen LogP contribution in [0.25, 0.3) is 0 Å². The number of benzene rings is 2. The second-order valence-electron chi connectivity index (χ2n) is 5.78. The normalized spacial score (nSPS) is 27.0. The smallest absolute Gasteiger partial charge is 0.127 e. The van der Waals surface area contributed by atoms with Crippen LogP contribution in [-0.2, 0) is 4.74 Å². The molecule has 0 aliphatic carbocycles. The van der Waals surface area contributed by atoms with Crippen molar-refractivity contribution in [2.45, 2.75) is 30.8 Å². The van der Waals surface area contributed by atoms with Crippen LogP contribution in [0.1, 0.15) is 18.1 Å². The monoisotopic (exact) mass is 334 g/mol. The van der Waals surface area contributed by atoms with Crippen molar-refractivity contribution in [1.82, 2.24) is 0 Å². The van der Waals surface area contributed by atoms with Gasteiger partial charge < -0.3 is 24.8 Å². The second-order valence-corrected chi connectivity index (χ2v) is 5.78. The van der Waals surface area contributed by atoms with Gasteiger partial charge in [0.1, 0.15) is 29.5 Å². The van der Waals surface area contributed by atoms with Gasteiger partial charge in [-0.25, -0.2) is 4.39 Å². The Labute approximate surface area is 138 Å². The van der Waals surface area contributed by atoms with Crippen LogP contribution in [0.4, 0.5) is 4.39 Å². The number of ether oxygens (including phenoxy) is 2. The van der Waals surface area contributed by atoms with E-state index < -0.39 is 24.4 Å². The maximum atomic E-state index is 12.9. The Hall–Kier alpha value is -1.99. The fourth-order valence-corrected chi connectivity index (χ4v) is 2.74. The van der Waals surface area contributed by atoms with Crippen molar-refractivity contribution in [3.05, 3.63) is 59.9 Å². The zero-order valence-corrected chi connectivity index (χ0v) is 12.9. The van der Waals surface area contributed by atoms with E-state index in [0.29, 0.717) is 17.1 Å². The summed E-state index contributed by atoms with van der Waals surface area (Å²) in [6.07, 6.45) is -3.17. The van der Waals surface area contributed by atoms with Gasteiger partial charge in [-0.05, 0) is 42.0 Å². The molecule has 3 N–H and O–H groups in total. The van der Waals surface area contributed by atoms with Gasteiger partial charge in [0.25, 0.3) is 0 Å². The first kappa shape index (κ1) is 16.9. The fourth-order valence-electron chi connectivity index (χ4n) is 2.74. The molecule has 1 saturated heterocycles. The van der Waals surface area contributed by atoms with E-state index in [9.17, 15) is 19.7 Å². The van der Waals surface area contributed by atoms with Crippen LogP contribution in [0.3, 0.4) is 0 Å². The third-order valence-electron chi connectivity index (χ3n) is 3.99. The average Bonchev–Trinajstić information content (AvgIpc) is 2.59. The molecule has 0 spiro atoms.